The number of thiazole rings is 1. The Kier molecular flexibility index (Phi) is 3.57. The maximum Gasteiger partial charge on any atom is 0.262 e. The molecule has 0 bridgehead atoms. The quantitative estimate of drug-likeness (QED) is 0.904. The standard InChI is InChI=1S/C14H13N3O3S/c1-8-7-21-13(16-8)5-15-14(19)9-2-3-10-11(4-9)20-6-12(18)17-10/h2-4,7H,5-6H2,1H3,(H,15,19)(H,17,18). The van der Waals surface area contributed by atoms with E-state index in [9.17, 15) is 9.59 Å². The lowest BCUT2D eigenvalue weighted by atomic mass is 10.1. The lowest BCUT2D eigenvalue weighted by molar-refractivity contribution is -0.118. The first kappa shape index (κ1) is 13.6. The van der Waals surface area contributed by atoms with E-state index in [1.165, 1.54) is 11.3 Å². The van der Waals surface area contributed by atoms with Gasteiger partial charge in [-0.3, -0.25) is 9.59 Å². The molecule has 0 saturated heterocycles. The van der Waals surface area contributed by atoms with E-state index in [0.717, 1.165) is 10.7 Å². The second-order valence-electron chi connectivity index (χ2n) is 4.61. The van der Waals surface area contributed by atoms with Crippen LogP contribution < -0.4 is 15.4 Å². The van der Waals surface area contributed by atoms with Crippen LogP contribution in [0.2, 0.25) is 0 Å². The average molecular weight is 303 g/mol. The Bertz CT molecular complexity index is 711. The maximum absolute atomic E-state index is 12.1. The lowest BCUT2D eigenvalue weighted by Crippen LogP contribution is -2.26. The van der Waals surface area contributed by atoms with Crippen LogP contribution in [0.25, 0.3) is 0 Å². The molecule has 0 unspecified atom stereocenters. The van der Waals surface area contributed by atoms with Crippen molar-refractivity contribution in [2.24, 2.45) is 0 Å². The molecule has 2 amide bonds. The number of nitrogens with zero attached hydrogens (tertiary/aromatic N) is 1. The highest BCUT2D eigenvalue weighted by Gasteiger charge is 2.17. The van der Waals surface area contributed by atoms with E-state index in [4.69, 9.17) is 4.74 Å². The lowest BCUT2D eigenvalue weighted by Gasteiger charge is -2.18. The Labute approximate surface area is 125 Å². The van der Waals surface area contributed by atoms with Crippen molar-refractivity contribution in [3.05, 3.63) is 39.8 Å². The Morgan fingerprint density at radius 3 is 3.14 bits per heavy atom. The fourth-order valence-corrected chi connectivity index (χ4v) is 2.67. The first-order valence-corrected chi connectivity index (χ1v) is 7.26. The summed E-state index contributed by atoms with van der Waals surface area (Å²) in [4.78, 5) is 27.6. The molecule has 0 atom stereocenters. The second kappa shape index (κ2) is 5.53. The fraction of sp³-hybridized carbons (Fsp3) is 0.214. The zero-order chi connectivity index (χ0) is 14.8. The zero-order valence-corrected chi connectivity index (χ0v) is 12.1. The Hall–Kier alpha value is -2.41. The van der Waals surface area contributed by atoms with Gasteiger partial charge in [-0.15, -0.1) is 11.3 Å². The van der Waals surface area contributed by atoms with E-state index in [1.54, 1.807) is 18.2 Å². The molecule has 1 aromatic heterocycles. The van der Waals surface area contributed by atoms with Crippen molar-refractivity contribution in [2.75, 3.05) is 11.9 Å². The van der Waals surface area contributed by atoms with Gasteiger partial charge < -0.3 is 15.4 Å². The van der Waals surface area contributed by atoms with Crippen molar-refractivity contribution in [3.8, 4) is 5.75 Å². The number of aryl methyl sites for hydroxylation is 1. The Morgan fingerprint density at radius 1 is 1.52 bits per heavy atom. The van der Waals surface area contributed by atoms with Crippen molar-refractivity contribution < 1.29 is 14.3 Å². The number of nitrogens with one attached hydrogen (secondary N) is 2. The third kappa shape index (κ3) is 3.03. The summed E-state index contributed by atoms with van der Waals surface area (Å²) in [5.41, 5.74) is 2.01. The average Bonchev–Trinajstić information content (AvgIpc) is 2.90. The minimum Gasteiger partial charge on any atom is -0.482 e. The Morgan fingerprint density at radius 2 is 2.38 bits per heavy atom. The normalized spacial score (nSPS) is 13.1. The predicted octanol–water partition coefficient (Wildman–Crippen LogP) is 1.71. The molecular weight excluding hydrogens is 290 g/mol. The van der Waals surface area contributed by atoms with Crippen LogP contribution in [-0.4, -0.2) is 23.4 Å². The van der Waals surface area contributed by atoms with Crippen LogP contribution in [0.15, 0.2) is 23.6 Å². The molecule has 0 fully saturated rings. The number of hydrogen-bond donors (Lipinski definition) is 2. The molecule has 0 aliphatic carbocycles. The number of amides is 2. The summed E-state index contributed by atoms with van der Waals surface area (Å²) in [6, 6.07) is 4.93. The number of ether oxygens (including phenoxy) is 1. The van der Waals surface area contributed by atoms with E-state index in [1.807, 2.05) is 12.3 Å². The topological polar surface area (TPSA) is 80.3 Å². The largest absolute Gasteiger partial charge is 0.482 e. The molecule has 2 heterocycles. The zero-order valence-electron chi connectivity index (χ0n) is 11.3. The number of rotatable bonds is 3. The molecule has 6 nitrogen and oxygen atoms in total. The van der Waals surface area contributed by atoms with E-state index in [0.29, 0.717) is 23.5 Å². The van der Waals surface area contributed by atoms with E-state index >= 15 is 0 Å². The molecule has 1 aromatic carbocycles. The molecule has 21 heavy (non-hydrogen) atoms. The van der Waals surface area contributed by atoms with Crippen molar-refractivity contribution in [1.29, 1.82) is 0 Å². The number of aromatic nitrogens is 1. The van der Waals surface area contributed by atoms with Gasteiger partial charge in [0.15, 0.2) is 6.61 Å². The SMILES string of the molecule is Cc1csc(CNC(=O)c2ccc3c(c2)OCC(=O)N3)n1. The van der Waals surface area contributed by atoms with Gasteiger partial charge in [0.1, 0.15) is 10.8 Å². The minimum absolute atomic E-state index is 0.0313. The van der Waals surface area contributed by atoms with Gasteiger partial charge in [0.2, 0.25) is 0 Å². The molecule has 1 aliphatic rings. The van der Waals surface area contributed by atoms with Gasteiger partial charge >= 0.3 is 0 Å². The first-order valence-electron chi connectivity index (χ1n) is 6.38. The fourth-order valence-electron chi connectivity index (χ4n) is 1.96. The molecule has 0 spiro atoms. The molecule has 0 radical (unpaired) electrons. The Balaban J connectivity index is 1.69. The summed E-state index contributed by atoms with van der Waals surface area (Å²) in [6.07, 6.45) is 0. The predicted molar refractivity (Wildman–Crippen MR) is 78.6 cm³/mol. The number of fused-ring (bicyclic) bond motifs is 1. The van der Waals surface area contributed by atoms with Crippen LogP contribution in [0.5, 0.6) is 5.75 Å². The smallest absolute Gasteiger partial charge is 0.262 e. The number of hydrogen-bond acceptors (Lipinski definition) is 5. The minimum atomic E-state index is -0.203. The molecule has 3 rings (SSSR count). The van der Waals surface area contributed by atoms with Gasteiger partial charge in [-0.25, -0.2) is 4.98 Å². The molecule has 1 aliphatic heterocycles. The number of benzene rings is 1. The van der Waals surface area contributed by atoms with E-state index in [-0.39, 0.29) is 18.4 Å². The van der Waals surface area contributed by atoms with Crippen LogP contribution in [0.4, 0.5) is 5.69 Å². The van der Waals surface area contributed by atoms with Gasteiger partial charge in [0, 0.05) is 16.6 Å². The van der Waals surface area contributed by atoms with Crippen LogP contribution in [0.3, 0.4) is 0 Å². The third-order valence-electron chi connectivity index (χ3n) is 2.94. The van der Waals surface area contributed by atoms with Crippen LogP contribution in [0.1, 0.15) is 21.1 Å². The number of anilines is 1. The monoisotopic (exact) mass is 303 g/mol. The van der Waals surface area contributed by atoms with Gasteiger partial charge in [-0.05, 0) is 25.1 Å². The summed E-state index contributed by atoms with van der Waals surface area (Å²) in [6.45, 7) is 2.28. The molecule has 108 valence electrons. The third-order valence-corrected chi connectivity index (χ3v) is 3.91. The van der Waals surface area contributed by atoms with Crippen molar-refractivity contribution in [1.82, 2.24) is 10.3 Å². The highest BCUT2D eigenvalue weighted by atomic mass is 32.1. The summed E-state index contributed by atoms with van der Waals surface area (Å²) in [5, 5.41) is 8.30. The molecule has 2 aromatic rings. The van der Waals surface area contributed by atoms with Crippen LogP contribution >= 0.6 is 11.3 Å². The van der Waals surface area contributed by atoms with Gasteiger partial charge in [0.25, 0.3) is 11.8 Å². The van der Waals surface area contributed by atoms with E-state index < -0.39 is 0 Å². The molecule has 7 heteroatoms. The van der Waals surface area contributed by atoms with Gasteiger partial charge in [-0.1, -0.05) is 0 Å². The second-order valence-corrected chi connectivity index (χ2v) is 5.56. The van der Waals surface area contributed by atoms with Crippen LogP contribution in [-0.2, 0) is 11.3 Å². The maximum atomic E-state index is 12.1. The van der Waals surface area contributed by atoms with Crippen molar-refractivity contribution in [3.63, 3.8) is 0 Å². The summed E-state index contributed by atoms with van der Waals surface area (Å²) >= 11 is 1.51. The van der Waals surface area contributed by atoms with Crippen molar-refractivity contribution >= 4 is 28.8 Å². The summed E-state index contributed by atoms with van der Waals surface area (Å²) in [7, 11) is 0. The number of carbonyl (C=O) groups is 2. The summed E-state index contributed by atoms with van der Waals surface area (Å²) in [5.74, 6) is 0.109. The number of carbonyl (C=O) groups excluding carboxylic acids is 2. The molecule has 0 saturated carbocycles. The van der Waals surface area contributed by atoms with Crippen molar-refractivity contribution in [2.45, 2.75) is 13.5 Å². The molecule has 2 N–H and O–H groups in total. The highest BCUT2D eigenvalue weighted by Crippen LogP contribution is 2.28. The summed E-state index contributed by atoms with van der Waals surface area (Å²) < 4.78 is 5.29. The van der Waals surface area contributed by atoms with Gasteiger partial charge in [-0.2, -0.15) is 0 Å². The molecular formula is C14H13N3O3S. The first-order chi connectivity index (χ1) is 10.1. The van der Waals surface area contributed by atoms with E-state index in [2.05, 4.69) is 15.6 Å². The van der Waals surface area contributed by atoms with Crippen LogP contribution in [0, 0.1) is 6.92 Å². The van der Waals surface area contributed by atoms with Gasteiger partial charge in [0.05, 0.1) is 12.2 Å². The highest BCUT2D eigenvalue weighted by molar-refractivity contribution is 7.09.